The third kappa shape index (κ3) is 3.43. The summed E-state index contributed by atoms with van der Waals surface area (Å²) < 4.78 is 5.42. The maximum Gasteiger partial charge on any atom is 0.250 e. The molecule has 5 heteroatoms. The first-order valence-electron chi connectivity index (χ1n) is 6.97. The fourth-order valence-electron chi connectivity index (χ4n) is 3.00. The molecule has 1 unspecified atom stereocenters. The highest BCUT2D eigenvalue weighted by molar-refractivity contribution is 5.81. The van der Waals surface area contributed by atoms with Crippen molar-refractivity contribution in [2.24, 2.45) is 5.41 Å². The maximum atomic E-state index is 12.0. The molecule has 1 saturated heterocycles. The van der Waals surface area contributed by atoms with Crippen molar-refractivity contribution < 1.29 is 14.6 Å². The maximum absolute atomic E-state index is 12.0. The van der Waals surface area contributed by atoms with Crippen molar-refractivity contribution >= 4 is 5.91 Å². The number of carbonyl (C=O) groups is 1. The summed E-state index contributed by atoms with van der Waals surface area (Å²) in [5.74, 6) is -0.0218. The Hall–Kier alpha value is -0.650. The Morgan fingerprint density at radius 1 is 1.44 bits per heavy atom. The zero-order valence-electron chi connectivity index (χ0n) is 10.9. The van der Waals surface area contributed by atoms with Gasteiger partial charge >= 0.3 is 0 Å². The van der Waals surface area contributed by atoms with E-state index in [0.29, 0.717) is 19.7 Å². The van der Waals surface area contributed by atoms with E-state index in [4.69, 9.17) is 9.84 Å². The summed E-state index contributed by atoms with van der Waals surface area (Å²) in [6.07, 6.45) is 5.06. The van der Waals surface area contributed by atoms with E-state index in [2.05, 4.69) is 10.6 Å². The standard InChI is InChI=1S/C13H24N2O3/c16-7-5-13(3-1-2-4-13)10-15-12(17)11-9-14-6-8-18-11/h11,14,16H,1-10H2,(H,15,17). The lowest BCUT2D eigenvalue weighted by Crippen LogP contribution is -2.49. The smallest absolute Gasteiger partial charge is 0.250 e. The average molecular weight is 256 g/mol. The highest BCUT2D eigenvalue weighted by Crippen LogP contribution is 2.40. The number of ether oxygens (including phenoxy) is 1. The van der Waals surface area contributed by atoms with Crippen molar-refractivity contribution in [3.63, 3.8) is 0 Å². The third-order valence-electron chi connectivity index (χ3n) is 4.16. The molecule has 0 radical (unpaired) electrons. The van der Waals surface area contributed by atoms with Gasteiger partial charge in [0.15, 0.2) is 0 Å². The summed E-state index contributed by atoms with van der Waals surface area (Å²) in [7, 11) is 0. The lowest BCUT2D eigenvalue weighted by Gasteiger charge is -2.30. The minimum absolute atomic E-state index is 0.0218. The van der Waals surface area contributed by atoms with Gasteiger partial charge < -0.3 is 20.5 Å². The van der Waals surface area contributed by atoms with Crippen molar-refractivity contribution in [1.29, 1.82) is 0 Å². The Morgan fingerprint density at radius 2 is 2.22 bits per heavy atom. The molecule has 0 spiro atoms. The number of hydrogen-bond acceptors (Lipinski definition) is 4. The van der Waals surface area contributed by atoms with Crippen LogP contribution < -0.4 is 10.6 Å². The van der Waals surface area contributed by atoms with Crippen molar-refractivity contribution in [3.05, 3.63) is 0 Å². The average Bonchev–Trinajstić information content (AvgIpc) is 2.87. The second-order valence-electron chi connectivity index (χ2n) is 5.46. The normalized spacial score (nSPS) is 27.1. The summed E-state index contributed by atoms with van der Waals surface area (Å²) in [4.78, 5) is 12.0. The van der Waals surface area contributed by atoms with Crippen LogP contribution in [0.3, 0.4) is 0 Å². The van der Waals surface area contributed by atoms with Gasteiger partial charge in [-0.15, -0.1) is 0 Å². The van der Waals surface area contributed by atoms with Crippen LogP contribution in [0.2, 0.25) is 0 Å². The molecule has 1 aliphatic carbocycles. The molecule has 2 rings (SSSR count). The molecule has 1 heterocycles. The molecule has 1 aliphatic heterocycles. The van der Waals surface area contributed by atoms with Crippen LogP contribution in [0.4, 0.5) is 0 Å². The lowest BCUT2D eigenvalue weighted by molar-refractivity contribution is -0.134. The molecule has 5 nitrogen and oxygen atoms in total. The van der Waals surface area contributed by atoms with Gasteiger partial charge in [0.25, 0.3) is 0 Å². The van der Waals surface area contributed by atoms with Gasteiger partial charge in [0.2, 0.25) is 5.91 Å². The summed E-state index contributed by atoms with van der Waals surface area (Å²) >= 11 is 0. The molecule has 2 aliphatic rings. The van der Waals surface area contributed by atoms with Gasteiger partial charge in [-0.2, -0.15) is 0 Å². The Labute approximate surface area is 108 Å². The van der Waals surface area contributed by atoms with Gasteiger partial charge in [-0.05, 0) is 24.7 Å². The van der Waals surface area contributed by atoms with Gasteiger partial charge in [0.1, 0.15) is 6.10 Å². The van der Waals surface area contributed by atoms with E-state index in [1.165, 1.54) is 12.8 Å². The zero-order chi connectivity index (χ0) is 12.8. The molecule has 18 heavy (non-hydrogen) atoms. The van der Waals surface area contributed by atoms with Crippen LogP contribution in [0.25, 0.3) is 0 Å². The quantitative estimate of drug-likeness (QED) is 0.649. The minimum Gasteiger partial charge on any atom is -0.396 e. The molecule has 3 N–H and O–H groups in total. The van der Waals surface area contributed by atoms with Crippen LogP contribution in [0, 0.1) is 5.41 Å². The second kappa shape index (κ2) is 6.50. The molecule has 2 fully saturated rings. The van der Waals surface area contributed by atoms with Crippen LogP contribution in [0.15, 0.2) is 0 Å². The van der Waals surface area contributed by atoms with E-state index in [9.17, 15) is 4.79 Å². The minimum atomic E-state index is -0.355. The fourth-order valence-corrected chi connectivity index (χ4v) is 3.00. The first-order chi connectivity index (χ1) is 8.76. The molecular formula is C13H24N2O3. The molecular weight excluding hydrogens is 232 g/mol. The van der Waals surface area contributed by atoms with Crippen LogP contribution in [0.5, 0.6) is 0 Å². The molecule has 0 bridgehead atoms. The number of aliphatic hydroxyl groups excluding tert-OH is 1. The predicted molar refractivity (Wildman–Crippen MR) is 68.2 cm³/mol. The number of hydrogen-bond donors (Lipinski definition) is 3. The molecule has 0 aromatic carbocycles. The van der Waals surface area contributed by atoms with Gasteiger partial charge in [-0.25, -0.2) is 0 Å². The Kier molecular flexibility index (Phi) is 4.97. The van der Waals surface area contributed by atoms with E-state index in [1.54, 1.807) is 0 Å². The molecule has 1 amide bonds. The summed E-state index contributed by atoms with van der Waals surface area (Å²) in [5, 5.41) is 15.3. The fraction of sp³-hybridized carbons (Fsp3) is 0.923. The van der Waals surface area contributed by atoms with Gasteiger partial charge in [0, 0.05) is 26.2 Å². The lowest BCUT2D eigenvalue weighted by atomic mass is 9.83. The second-order valence-corrected chi connectivity index (χ2v) is 5.46. The summed E-state index contributed by atoms with van der Waals surface area (Å²) in [6, 6.07) is 0. The van der Waals surface area contributed by atoms with E-state index in [0.717, 1.165) is 25.8 Å². The van der Waals surface area contributed by atoms with Crippen LogP contribution in [-0.4, -0.2) is 50.0 Å². The van der Waals surface area contributed by atoms with Crippen molar-refractivity contribution in [1.82, 2.24) is 10.6 Å². The van der Waals surface area contributed by atoms with E-state index >= 15 is 0 Å². The Bertz CT molecular complexity index is 271. The number of nitrogens with one attached hydrogen (secondary N) is 2. The van der Waals surface area contributed by atoms with Crippen LogP contribution in [-0.2, 0) is 9.53 Å². The first-order valence-corrected chi connectivity index (χ1v) is 6.97. The Morgan fingerprint density at radius 3 is 2.83 bits per heavy atom. The van der Waals surface area contributed by atoms with Crippen LogP contribution in [0.1, 0.15) is 32.1 Å². The SMILES string of the molecule is O=C(NCC1(CCO)CCCC1)C1CNCCO1. The highest BCUT2D eigenvalue weighted by Gasteiger charge is 2.34. The van der Waals surface area contributed by atoms with Crippen molar-refractivity contribution in [2.45, 2.75) is 38.2 Å². The molecule has 0 aromatic rings. The number of morpholine rings is 1. The van der Waals surface area contributed by atoms with Gasteiger partial charge in [-0.3, -0.25) is 4.79 Å². The van der Waals surface area contributed by atoms with E-state index in [1.807, 2.05) is 0 Å². The first kappa shape index (κ1) is 13.8. The van der Waals surface area contributed by atoms with Crippen LogP contribution >= 0.6 is 0 Å². The summed E-state index contributed by atoms with van der Waals surface area (Å²) in [5.41, 5.74) is 0.118. The highest BCUT2D eigenvalue weighted by atomic mass is 16.5. The molecule has 0 aromatic heterocycles. The van der Waals surface area contributed by atoms with E-state index in [-0.39, 0.29) is 24.0 Å². The monoisotopic (exact) mass is 256 g/mol. The van der Waals surface area contributed by atoms with E-state index < -0.39 is 0 Å². The number of carbonyl (C=O) groups excluding carboxylic acids is 1. The van der Waals surface area contributed by atoms with Crippen molar-refractivity contribution in [2.75, 3.05) is 32.8 Å². The van der Waals surface area contributed by atoms with Gasteiger partial charge in [-0.1, -0.05) is 12.8 Å². The summed E-state index contributed by atoms with van der Waals surface area (Å²) in [6.45, 7) is 2.89. The largest absolute Gasteiger partial charge is 0.396 e. The zero-order valence-corrected chi connectivity index (χ0v) is 10.9. The van der Waals surface area contributed by atoms with Crippen molar-refractivity contribution in [3.8, 4) is 0 Å². The molecule has 104 valence electrons. The topological polar surface area (TPSA) is 70.6 Å². The molecule has 1 atom stereocenters. The van der Waals surface area contributed by atoms with Gasteiger partial charge in [0.05, 0.1) is 6.61 Å². The number of amides is 1. The third-order valence-corrected chi connectivity index (χ3v) is 4.16. The molecule has 1 saturated carbocycles. The Balaban J connectivity index is 1.79. The predicted octanol–water partition coefficient (Wildman–Crippen LogP) is 0.0338. The number of rotatable bonds is 5. The number of aliphatic hydroxyl groups is 1.